The standard InChI is InChI=1S/C16H14N2O5/c1-9(19)17-11-4-2-10(3-5-11)15(21)18-12-6-7-14(20)13(8-12)16(22)23/h2-8,20H,1H3,(H,17,19)(H,18,21)(H,22,23). The second-order valence-corrected chi connectivity index (χ2v) is 4.75. The smallest absolute Gasteiger partial charge is 0.339 e. The third kappa shape index (κ3) is 4.07. The number of rotatable bonds is 4. The van der Waals surface area contributed by atoms with E-state index in [1.165, 1.54) is 37.3 Å². The lowest BCUT2D eigenvalue weighted by Gasteiger charge is -2.08. The summed E-state index contributed by atoms with van der Waals surface area (Å²) < 4.78 is 0. The predicted molar refractivity (Wildman–Crippen MR) is 83.8 cm³/mol. The van der Waals surface area contributed by atoms with Crippen LogP contribution in [0, 0.1) is 0 Å². The average Bonchev–Trinajstić information content (AvgIpc) is 2.49. The van der Waals surface area contributed by atoms with Gasteiger partial charge in [0, 0.05) is 23.9 Å². The number of hydrogen-bond acceptors (Lipinski definition) is 4. The first-order chi connectivity index (χ1) is 10.9. The SMILES string of the molecule is CC(=O)Nc1ccc(C(=O)Nc2ccc(O)c(C(=O)O)c2)cc1. The molecule has 7 heteroatoms. The van der Waals surface area contributed by atoms with Gasteiger partial charge in [0.05, 0.1) is 0 Å². The number of phenols is 1. The Bertz CT molecular complexity index is 769. The number of carbonyl (C=O) groups is 3. The molecule has 0 radical (unpaired) electrons. The van der Waals surface area contributed by atoms with E-state index in [0.717, 1.165) is 0 Å². The minimum Gasteiger partial charge on any atom is -0.507 e. The van der Waals surface area contributed by atoms with Gasteiger partial charge in [0.15, 0.2) is 0 Å². The number of benzene rings is 2. The van der Waals surface area contributed by atoms with Crippen molar-refractivity contribution in [3.8, 4) is 5.75 Å². The Morgan fingerprint density at radius 3 is 2.09 bits per heavy atom. The molecule has 0 aromatic heterocycles. The van der Waals surface area contributed by atoms with Crippen molar-refractivity contribution < 1.29 is 24.6 Å². The van der Waals surface area contributed by atoms with Gasteiger partial charge in [-0.3, -0.25) is 9.59 Å². The van der Waals surface area contributed by atoms with Crippen LogP contribution in [-0.2, 0) is 4.79 Å². The topological polar surface area (TPSA) is 116 Å². The highest BCUT2D eigenvalue weighted by Crippen LogP contribution is 2.22. The lowest BCUT2D eigenvalue weighted by atomic mass is 10.1. The van der Waals surface area contributed by atoms with Crippen molar-refractivity contribution in [1.82, 2.24) is 0 Å². The molecule has 2 aromatic rings. The molecule has 118 valence electrons. The molecule has 2 aromatic carbocycles. The fourth-order valence-corrected chi connectivity index (χ4v) is 1.90. The molecule has 4 N–H and O–H groups in total. The largest absolute Gasteiger partial charge is 0.507 e. The number of aromatic carboxylic acids is 1. The van der Waals surface area contributed by atoms with Crippen LogP contribution in [-0.4, -0.2) is 28.0 Å². The molecule has 0 atom stereocenters. The number of carbonyl (C=O) groups excluding carboxylic acids is 2. The molecule has 0 unspecified atom stereocenters. The van der Waals surface area contributed by atoms with Gasteiger partial charge in [-0.05, 0) is 42.5 Å². The zero-order valence-electron chi connectivity index (χ0n) is 12.2. The van der Waals surface area contributed by atoms with Crippen molar-refractivity contribution in [3.63, 3.8) is 0 Å². The molecule has 23 heavy (non-hydrogen) atoms. The molecular formula is C16H14N2O5. The zero-order valence-corrected chi connectivity index (χ0v) is 12.2. The number of amides is 2. The van der Waals surface area contributed by atoms with Gasteiger partial charge < -0.3 is 20.8 Å². The van der Waals surface area contributed by atoms with E-state index in [1.54, 1.807) is 12.1 Å². The van der Waals surface area contributed by atoms with E-state index in [1.807, 2.05) is 0 Å². The third-order valence-corrected chi connectivity index (χ3v) is 2.95. The van der Waals surface area contributed by atoms with Crippen LogP contribution < -0.4 is 10.6 Å². The van der Waals surface area contributed by atoms with Crippen LogP contribution in [0.1, 0.15) is 27.6 Å². The van der Waals surface area contributed by atoms with Gasteiger partial charge in [0.1, 0.15) is 11.3 Å². The summed E-state index contributed by atoms with van der Waals surface area (Å²) in [5, 5.41) is 23.5. The highest BCUT2D eigenvalue weighted by atomic mass is 16.4. The van der Waals surface area contributed by atoms with Crippen LogP contribution in [0.2, 0.25) is 0 Å². The van der Waals surface area contributed by atoms with Crippen LogP contribution in [0.5, 0.6) is 5.75 Å². The summed E-state index contributed by atoms with van der Waals surface area (Å²) in [4.78, 5) is 34.0. The summed E-state index contributed by atoms with van der Waals surface area (Å²) in [6, 6.07) is 9.97. The number of carboxylic acids is 1. The molecule has 2 amide bonds. The number of nitrogens with one attached hydrogen (secondary N) is 2. The van der Waals surface area contributed by atoms with Crippen molar-refractivity contribution in [3.05, 3.63) is 53.6 Å². The maximum absolute atomic E-state index is 12.1. The predicted octanol–water partition coefficient (Wildman–Crippen LogP) is 2.30. The summed E-state index contributed by atoms with van der Waals surface area (Å²) in [5.41, 5.74) is 0.843. The normalized spacial score (nSPS) is 9.96. The number of anilines is 2. The van der Waals surface area contributed by atoms with Gasteiger partial charge in [-0.15, -0.1) is 0 Å². The highest BCUT2D eigenvalue weighted by molar-refractivity contribution is 6.05. The molecule has 7 nitrogen and oxygen atoms in total. The molecule has 0 spiro atoms. The van der Waals surface area contributed by atoms with Crippen molar-refractivity contribution in [2.45, 2.75) is 6.92 Å². The van der Waals surface area contributed by atoms with Crippen LogP contribution in [0.15, 0.2) is 42.5 Å². The van der Waals surface area contributed by atoms with Crippen LogP contribution >= 0.6 is 0 Å². The Balaban J connectivity index is 2.14. The first-order valence-electron chi connectivity index (χ1n) is 6.62. The minimum absolute atomic E-state index is 0.215. The van der Waals surface area contributed by atoms with Gasteiger partial charge in [-0.2, -0.15) is 0 Å². The maximum Gasteiger partial charge on any atom is 0.339 e. The Morgan fingerprint density at radius 2 is 1.52 bits per heavy atom. The van der Waals surface area contributed by atoms with E-state index in [2.05, 4.69) is 10.6 Å². The summed E-state index contributed by atoms with van der Waals surface area (Å²) in [7, 11) is 0. The van der Waals surface area contributed by atoms with Gasteiger partial charge >= 0.3 is 5.97 Å². The lowest BCUT2D eigenvalue weighted by Crippen LogP contribution is -2.13. The van der Waals surface area contributed by atoms with Gasteiger partial charge in [0.25, 0.3) is 5.91 Å². The summed E-state index contributed by atoms with van der Waals surface area (Å²) in [6.07, 6.45) is 0. The van der Waals surface area contributed by atoms with E-state index < -0.39 is 11.9 Å². The molecule has 0 saturated carbocycles. The highest BCUT2D eigenvalue weighted by Gasteiger charge is 2.12. The van der Waals surface area contributed by atoms with Crippen LogP contribution in [0.25, 0.3) is 0 Å². The summed E-state index contributed by atoms with van der Waals surface area (Å²) >= 11 is 0. The second-order valence-electron chi connectivity index (χ2n) is 4.75. The molecule has 2 rings (SSSR count). The number of carboxylic acid groups (broad SMARTS) is 1. The molecule has 0 bridgehead atoms. The van der Waals surface area contributed by atoms with Crippen molar-refractivity contribution in [2.75, 3.05) is 10.6 Å². The van der Waals surface area contributed by atoms with Crippen LogP contribution in [0.4, 0.5) is 11.4 Å². The molecule has 0 fully saturated rings. The number of aromatic hydroxyl groups is 1. The Morgan fingerprint density at radius 1 is 0.913 bits per heavy atom. The Hall–Kier alpha value is -3.35. The molecule has 0 saturated heterocycles. The molecule has 0 aliphatic rings. The quantitative estimate of drug-likeness (QED) is 0.646. The zero-order chi connectivity index (χ0) is 17.0. The number of hydrogen-bond donors (Lipinski definition) is 4. The van der Waals surface area contributed by atoms with Gasteiger partial charge in [0.2, 0.25) is 5.91 Å². The van der Waals surface area contributed by atoms with E-state index in [9.17, 15) is 19.5 Å². The average molecular weight is 314 g/mol. The van der Waals surface area contributed by atoms with Gasteiger partial charge in [-0.25, -0.2) is 4.79 Å². The first kappa shape index (κ1) is 16.0. The molecule has 0 aliphatic heterocycles. The van der Waals surface area contributed by atoms with Crippen molar-refractivity contribution in [2.24, 2.45) is 0 Å². The van der Waals surface area contributed by atoms with Gasteiger partial charge in [-0.1, -0.05) is 0 Å². The third-order valence-electron chi connectivity index (χ3n) is 2.95. The maximum atomic E-state index is 12.1. The molecular weight excluding hydrogens is 300 g/mol. The fourth-order valence-electron chi connectivity index (χ4n) is 1.90. The lowest BCUT2D eigenvalue weighted by molar-refractivity contribution is -0.114. The minimum atomic E-state index is -1.29. The van der Waals surface area contributed by atoms with Crippen LogP contribution in [0.3, 0.4) is 0 Å². The fraction of sp³-hybridized carbons (Fsp3) is 0.0625. The van der Waals surface area contributed by atoms with Crippen molar-refractivity contribution >= 4 is 29.2 Å². The van der Waals surface area contributed by atoms with E-state index in [0.29, 0.717) is 11.3 Å². The Kier molecular flexibility index (Phi) is 4.61. The molecule has 0 heterocycles. The van der Waals surface area contributed by atoms with Crippen molar-refractivity contribution in [1.29, 1.82) is 0 Å². The monoisotopic (exact) mass is 314 g/mol. The Labute approximate surface area is 131 Å². The molecule has 0 aliphatic carbocycles. The van der Waals surface area contributed by atoms with E-state index in [-0.39, 0.29) is 22.9 Å². The summed E-state index contributed by atoms with van der Waals surface area (Å²) in [6.45, 7) is 1.38. The summed E-state index contributed by atoms with van der Waals surface area (Å²) in [5.74, 6) is -2.33. The first-order valence-corrected chi connectivity index (χ1v) is 6.62. The second kappa shape index (κ2) is 6.61. The van der Waals surface area contributed by atoms with E-state index >= 15 is 0 Å². The van der Waals surface area contributed by atoms with E-state index in [4.69, 9.17) is 5.11 Å².